The van der Waals surface area contributed by atoms with Gasteiger partial charge in [-0.25, -0.2) is 9.78 Å². The Morgan fingerprint density at radius 3 is 2.69 bits per heavy atom. The van der Waals surface area contributed by atoms with Crippen LogP contribution in [-0.2, 0) is 4.74 Å². The van der Waals surface area contributed by atoms with Crippen LogP contribution in [0.5, 0.6) is 5.75 Å². The van der Waals surface area contributed by atoms with E-state index in [2.05, 4.69) is 9.72 Å². The molecule has 1 heterocycles. The predicted octanol–water partition coefficient (Wildman–Crippen LogP) is 2.03. The molecule has 4 nitrogen and oxygen atoms in total. The average molecular weight is 217 g/mol. The van der Waals surface area contributed by atoms with Gasteiger partial charge >= 0.3 is 5.97 Å². The molecule has 0 fully saturated rings. The first-order valence-electron chi connectivity index (χ1n) is 4.76. The smallest absolute Gasteiger partial charge is 0.356 e. The summed E-state index contributed by atoms with van der Waals surface area (Å²) in [5.74, 6) is 0.305. The van der Waals surface area contributed by atoms with Crippen molar-refractivity contribution < 1.29 is 14.3 Å². The zero-order valence-electron chi connectivity index (χ0n) is 9.06. The molecule has 82 valence electrons. The van der Waals surface area contributed by atoms with Crippen LogP contribution in [-0.4, -0.2) is 25.2 Å². The monoisotopic (exact) mass is 217 g/mol. The first kappa shape index (κ1) is 10.4. The van der Waals surface area contributed by atoms with Crippen LogP contribution in [0.4, 0.5) is 0 Å². The Kier molecular flexibility index (Phi) is 2.72. The van der Waals surface area contributed by atoms with Crippen molar-refractivity contribution in [2.45, 2.75) is 0 Å². The van der Waals surface area contributed by atoms with Crippen LogP contribution in [0.2, 0.25) is 0 Å². The molecule has 0 N–H and O–H groups in total. The number of benzene rings is 1. The standard InChI is InChI=1S/C12H11NO3/c1-15-10-4-3-8-7-13-11(12(14)16-2)6-9(8)5-10/h3-7H,1-2H3. The highest BCUT2D eigenvalue weighted by Gasteiger charge is 2.07. The molecule has 16 heavy (non-hydrogen) atoms. The molecule has 2 rings (SSSR count). The molecule has 0 atom stereocenters. The first-order valence-corrected chi connectivity index (χ1v) is 4.76. The van der Waals surface area contributed by atoms with E-state index < -0.39 is 5.97 Å². The minimum atomic E-state index is -0.440. The average Bonchev–Trinajstić information content (AvgIpc) is 2.36. The molecular weight excluding hydrogens is 206 g/mol. The van der Waals surface area contributed by atoms with Gasteiger partial charge in [0.05, 0.1) is 14.2 Å². The molecule has 2 aromatic rings. The summed E-state index contributed by atoms with van der Waals surface area (Å²) in [4.78, 5) is 15.3. The summed E-state index contributed by atoms with van der Waals surface area (Å²) < 4.78 is 9.72. The van der Waals surface area contributed by atoms with E-state index in [0.29, 0.717) is 5.69 Å². The highest BCUT2D eigenvalue weighted by Crippen LogP contribution is 2.20. The third-order valence-electron chi connectivity index (χ3n) is 2.32. The van der Waals surface area contributed by atoms with E-state index in [0.717, 1.165) is 16.5 Å². The SMILES string of the molecule is COC(=O)c1cc2cc(OC)ccc2cn1. The summed E-state index contributed by atoms with van der Waals surface area (Å²) >= 11 is 0. The Hall–Kier alpha value is -2.10. The Morgan fingerprint density at radius 1 is 1.19 bits per heavy atom. The fourth-order valence-corrected chi connectivity index (χ4v) is 1.46. The number of carbonyl (C=O) groups is 1. The van der Waals surface area contributed by atoms with Crippen molar-refractivity contribution in [1.82, 2.24) is 4.98 Å². The molecule has 0 radical (unpaired) electrons. The molecule has 0 unspecified atom stereocenters. The number of methoxy groups -OCH3 is 2. The van der Waals surface area contributed by atoms with Gasteiger partial charge in [0.1, 0.15) is 11.4 Å². The molecule has 4 heteroatoms. The second-order valence-corrected chi connectivity index (χ2v) is 3.27. The molecule has 0 saturated heterocycles. The van der Waals surface area contributed by atoms with Crippen molar-refractivity contribution in [3.63, 3.8) is 0 Å². The lowest BCUT2D eigenvalue weighted by Gasteiger charge is -2.03. The van der Waals surface area contributed by atoms with E-state index in [9.17, 15) is 4.79 Å². The number of pyridine rings is 1. The van der Waals surface area contributed by atoms with Crippen LogP contribution in [0, 0.1) is 0 Å². The summed E-state index contributed by atoms with van der Waals surface area (Å²) in [6.45, 7) is 0. The zero-order chi connectivity index (χ0) is 11.5. The van der Waals surface area contributed by atoms with Crippen LogP contribution in [0.25, 0.3) is 10.8 Å². The van der Waals surface area contributed by atoms with Crippen molar-refractivity contribution >= 4 is 16.7 Å². The maximum Gasteiger partial charge on any atom is 0.356 e. The van der Waals surface area contributed by atoms with Gasteiger partial charge in [-0.1, -0.05) is 0 Å². The number of nitrogens with zero attached hydrogens (tertiary/aromatic N) is 1. The van der Waals surface area contributed by atoms with Gasteiger partial charge in [-0.05, 0) is 29.7 Å². The number of carbonyl (C=O) groups excluding carboxylic acids is 1. The van der Waals surface area contributed by atoms with E-state index in [4.69, 9.17) is 4.74 Å². The van der Waals surface area contributed by atoms with E-state index in [1.807, 2.05) is 18.2 Å². The molecule has 1 aromatic carbocycles. The minimum Gasteiger partial charge on any atom is -0.497 e. The number of hydrogen-bond acceptors (Lipinski definition) is 4. The van der Waals surface area contributed by atoms with Crippen LogP contribution >= 0.6 is 0 Å². The van der Waals surface area contributed by atoms with E-state index in [1.54, 1.807) is 19.4 Å². The Balaban J connectivity index is 2.54. The van der Waals surface area contributed by atoms with Crippen LogP contribution in [0.15, 0.2) is 30.5 Å². The largest absolute Gasteiger partial charge is 0.497 e. The maximum absolute atomic E-state index is 11.3. The molecule has 0 aliphatic heterocycles. The summed E-state index contributed by atoms with van der Waals surface area (Å²) in [5.41, 5.74) is 0.295. The van der Waals surface area contributed by atoms with Gasteiger partial charge in [-0.3, -0.25) is 0 Å². The fraction of sp³-hybridized carbons (Fsp3) is 0.167. The summed E-state index contributed by atoms with van der Waals surface area (Å²) in [6.07, 6.45) is 1.64. The second-order valence-electron chi connectivity index (χ2n) is 3.27. The fourth-order valence-electron chi connectivity index (χ4n) is 1.46. The van der Waals surface area contributed by atoms with Gasteiger partial charge in [-0.2, -0.15) is 0 Å². The normalized spacial score (nSPS) is 10.1. The molecule has 0 aliphatic carbocycles. The lowest BCUT2D eigenvalue weighted by molar-refractivity contribution is 0.0594. The van der Waals surface area contributed by atoms with Crippen molar-refractivity contribution in [3.05, 3.63) is 36.2 Å². The number of hydrogen-bond donors (Lipinski definition) is 0. The quantitative estimate of drug-likeness (QED) is 0.722. The molecule has 0 amide bonds. The number of ether oxygens (including phenoxy) is 2. The molecule has 0 aliphatic rings. The minimum absolute atomic E-state index is 0.295. The summed E-state index contributed by atoms with van der Waals surface area (Å²) in [5, 5.41) is 1.85. The van der Waals surface area contributed by atoms with E-state index in [1.165, 1.54) is 7.11 Å². The van der Waals surface area contributed by atoms with Gasteiger partial charge in [0, 0.05) is 11.6 Å². The number of rotatable bonds is 2. The molecular formula is C12H11NO3. The van der Waals surface area contributed by atoms with E-state index >= 15 is 0 Å². The van der Waals surface area contributed by atoms with Crippen molar-refractivity contribution in [2.75, 3.05) is 14.2 Å². The topological polar surface area (TPSA) is 48.4 Å². The zero-order valence-corrected chi connectivity index (χ0v) is 9.06. The molecule has 0 bridgehead atoms. The Bertz CT molecular complexity index is 537. The number of aromatic nitrogens is 1. The van der Waals surface area contributed by atoms with Crippen molar-refractivity contribution in [1.29, 1.82) is 0 Å². The third-order valence-corrected chi connectivity index (χ3v) is 2.32. The van der Waals surface area contributed by atoms with Gasteiger partial charge in [0.2, 0.25) is 0 Å². The van der Waals surface area contributed by atoms with E-state index in [-0.39, 0.29) is 0 Å². The van der Waals surface area contributed by atoms with Crippen molar-refractivity contribution in [2.24, 2.45) is 0 Å². The maximum atomic E-state index is 11.3. The van der Waals surface area contributed by atoms with Gasteiger partial charge in [0.15, 0.2) is 0 Å². The Morgan fingerprint density at radius 2 is 2.00 bits per heavy atom. The first-order chi connectivity index (χ1) is 7.74. The number of esters is 1. The second kappa shape index (κ2) is 4.18. The lowest BCUT2D eigenvalue weighted by atomic mass is 10.1. The van der Waals surface area contributed by atoms with Gasteiger partial charge in [0.25, 0.3) is 0 Å². The summed E-state index contributed by atoms with van der Waals surface area (Å²) in [7, 11) is 2.93. The third kappa shape index (κ3) is 1.82. The van der Waals surface area contributed by atoms with Crippen molar-refractivity contribution in [3.8, 4) is 5.75 Å². The number of fused-ring (bicyclic) bond motifs is 1. The molecule has 1 aromatic heterocycles. The highest BCUT2D eigenvalue weighted by atomic mass is 16.5. The van der Waals surface area contributed by atoms with Gasteiger partial charge < -0.3 is 9.47 Å². The van der Waals surface area contributed by atoms with Crippen LogP contribution < -0.4 is 4.74 Å². The van der Waals surface area contributed by atoms with Crippen LogP contribution in [0.1, 0.15) is 10.5 Å². The lowest BCUT2D eigenvalue weighted by Crippen LogP contribution is -2.03. The Labute approximate surface area is 92.8 Å². The van der Waals surface area contributed by atoms with Gasteiger partial charge in [-0.15, -0.1) is 0 Å². The van der Waals surface area contributed by atoms with Crippen LogP contribution in [0.3, 0.4) is 0 Å². The molecule has 0 spiro atoms. The highest BCUT2D eigenvalue weighted by molar-refractivity contribution is 5.93. The summed E-state index contributed by atoms with van der Waals surface area (Å²) in [6, 6.07) is 7.27. The molecule has 0 saturated carbocycles. The predicted molar refractivity (Wildman–Crippen MR) is 59.6 cm³/mol.